The van der Waals surface area contributed by atoms with Gasteiger partial charge < -0.3 is 9.46 Å². The monoisotopic (exact) mass is 339 g/mol. The Kier molecular flexibility index (Phi) is 5.48. The second kappa shape index (κ2) is 7.02. The zero-order valence-corrected chi connectivity index (χ0v) is 15.2. The van der Waals surface area contributed by atoms with Crippen LogP contribution in [0.4, 0.5) is 11.4 Å². The van der Waals surface area contributed by atoms with Gasteiger partial charge in [0.15, 0.2) is 7.29 Å². The summed E-state index contributed by atoms with van der Waals surface area (Å²) in [6.07, 6.45) is 0. The molecule has 1 aliphatic rings. The molecule has 1 aliphatic heterocycles. The van der Waals surface area contributed by atoms with Gasteiger partial charge in [0.2, 0.25) is 0 Å². The molecule has 7 heteroatoms. The summed E-state index contributed by atoms with van der Waals surface area (Å²) in [4.78, 5) is 12.5. The lowest BCUT2D eigenvalue weighted by molar-refractivity contribution is -0.384. The number of nitro benzene ring substituents is 1. The molecule has 1 aromatic rings. The van der Waals surface area contributed by atoms with E-state index in [0.29, 0.717) is 0 Å². The van der Waals surface area contributed by atoms with Gasteiger partial charge in [0.1, 0.15) is 0 Å². The molecule has 0 radical (unpaired) electrons. The molecular weight excluding hydrogens is 313 g/mol. The maximum atomic E-state index is 13.4. The Labute approximate surface area is 138 Å². The molecule has 2 rings (SSSR count). The molecule has 1 heterocycles. The van der Waals surface area contributed by atoms with Crippen LogP contribution in [-0.4, -0.2) is 47.1 Å². The fourth-order valence-electron chi connectivity index (χ4n) is 3.30. The molecule has 23 heavy (non-hydrogen) atoms. The van der Waals surface area contributed by atoms with Crippen LogP contribution < -0.4 is 4.90 Å². The van der Waals surface area contributed by atoms with E-state index in [0.717, 1.165) is 31.9 Å². The Bertz CT molecular complexity index is 581. The third-order valence-electron chi connectivity index (χ3n) is 4.60. The number of hydrogen-bond donors (Lipinski definition) is 0. The summed E-state index contributed by atoms with van der Waals surface area (Å²) in [6, 6.07) is 6.65. The summed E-state index contributed by atoms with van der Waals surface area (Å²) in [5.74, 6) is 0. The van der Waals surface area contributed by atoms with Crippen molar-refractivity contribution in [3.8, 4) is 0 Å². The third-order valence-corrected chi connectivity index (χ3v) is 8.85. The Morgan fingerprint density at radius 3 is 1.87 bits per heavy atom. The molecule has 1 saturated heterocycles. The number of nitrogens with zero attached hydrogens (tertiary/aromatic N) is 3. The molecule has 1 aromatic carbocycles. The molecule has 0 saturated carbocycles. The fraction of sp³-hybridized carbons (Fsp3) is 0.625. The second-order valence-electron chi connectivity index (χ2n) is 6.57. The highest BCUT2D eigenvalue weighted by molar-refractivity contribution is 7.62. The molecule has 128 valence electrons. The van der Waals surface area contributed by atoms with Crippen molar-refractivity contribution in [3.05, 3.63) is 34.4 Å². The average Bonchev–Trinajstić information content (AvgIpc) is 2.54. The van der Waals surface area contributed by atoms with E-state index in [4.69, 9.17) is 0 Å². The molecule has 0 N–H and O–H groups in total. The van der Waals surface area contributed by atoms with E-state index in [1.165, 1.54) is 12.1 Å². The zero-order valence-electron chi connectivity index (χ0n) is 14.3. The maximum Gasteiger partial charge on any atom is 0.269 e. The minimum atomic E-state index is -2.36. The lowest BCUT2D eigenvalue weighted by Crippen LogP contribution is -2.46. The van der Waals surface area contributed by atoms with Crippen molar-refractivity contribution in [2.75, 3.05) is 31.1 Å². The molecule has 0 bridgehead atoms. The van der Waals surface area contributed by atoms with Gasteiger partial charge in [0.25, 0.3) is 5.69 Å². The van der Waals surface area contributed by atoms with Crippen molar-refractivity contribution in [1.82, 2.24) is 4.67 Å². The van der Waals surface area contributed by atoms with Gasteiger partial charge >= 0.3 is 0 Å². The summed E-state index contributed by atoms with van der Waals surface area (Å²) in [5, 5.41) is 10.7. The van der Waals surface area contributed by atoms with Crippen molar-refractivity contribution in [1.29, 1.82) is 0 Å². The van der Waals surface area contributed by atoms with Gasteiger partial charge in [0.05, 0.1) is 4.92 Å². The summed E-state index contributed by atoms with van der Waals surface area (Å²) < 4.78 is 15.5. The Morgan fingerprint density at radius 2 is 1.48 bits per heavy atom. The summed E-state index contributed by atoms with van der Waals surface area (Å²) in [6.45, 7) is 11.3. The van der Waals surface area contributed by atoms with Crippen molar-refractivity contribution < 1.29 is 9.49 Å². The van der Waals surface area contributed by atoms with E-state index in [2.05, 4.69) is 9.57 Å². The number of nitro groups is 1. The maximum absolute atomic E-state index is 13.4. The highest BCUT2D eigenvalue weighted by Gasteiger charge is 2.38. The number of benzene rings is 1. The van der Waals surface area contributed by atoms with E-state index >= 15 is 0 Å². The number of hydrogen-bond acceptors (Lipinski definition) is 4. The predicted molar refractivity (Wildman–Crippen MR) is 94.8 cm³/mol. The van der Waals surface area contributed by atoms with E-state index in [-0.39, 0.29) is 21.9 Å². The lowest BCUT2D eigenvalue weighted by atomic mass is 10.2. The molecule has 0 atom stereocenters. The van der Waals surface area contributed by atoms with Gasteiger partial charge in [-0.1, -0.05) is 27.7 Å². The topological polar surface area (TPSA) is 66.7 Å². The van der Waals surface area contributed by atoms with Gasteiger partial charge in [0, 0.05) is 55.3 Å². The van der Waals surface area contributed by atoms with Crippen LogP contribution in [0.15, 0.2) is 24.3 Å². The van der Waals surface area contributed by atoms with Crippen molar-refractivity contribution >= 4 is 18.7 Å². The minimum Gasteiger partial charge on any atom is -0.369 e. The normalized spacial score (nSPS) is 17.0. The van der Waals surface area contributed by atoms with Crippen molar-refractivity contribution in [3.63, 3.8) is 0 Å². The summed E-state index contributed by atoms with van der Waals surface area (Å²) >= 11 is 0. The van der Waals surface area contributed by atoms with E-state index in [1.54, 1.807) is 12.1 Å². The van der Waals surface area contributed by atoms with Gasteiger partial charge in [-0.3, -0.25) is 10.1 Å². The van der Waals surface area contributed by atoms with Crippen molar-refractivity contribution in [2.24, 2.45) is 0 Å². The largest absolute Gasteiger partial charge is 0.369 e. The average molecular weight is 339 g/mol. The number of non-ortho nitro benzene ring substituents is 1. The van der Waals surface area contributed by atoms with E-state index in [1.807, 2.05) is 27.7 Å². The zero-order chi connectivity index (χ0) is 17.2. The second-order valence-corrected chi connectivity index (χ2v) is 10.6. The first-order valence-electron chi connectivity index (χ1n) is 8.11. The van der Waals surface area contributed by atoms with Crippen LogP contribution in [0.25, 0.3) is 0 Å². The first-order chi connectivity index (χ1) is 10.8. The Morgan fingerprint density at radius 1 is 1.00 bits per heavy atom. The van der Waals surface area contributed by atoms with E-state index in [9.17, 15) is 14.7 Å². The van der Waals surface area contributed by atoms with Crippen LogP contribution in [0, 0.1) is 10.1 Å². The molecule has 0 unspecified atom stereocenters. The lowest BCUT2D eigenvalue weighted by Gasteiger charge is -2.43. The number of rotatable bonds is 5. The van der Waals surface area contributed by atoms with Gasteiger partial charge in [-0.05, 0) is 12.1 Å². The van der Waals surface area contributed by atoms with Gasteiger partial charge in [-0.2, -0.15) is 0 Å². The molecule has 0 aromatic heterocycles. The molecule has 0 amide bonds. The van der Waals surface area contributed by atoms with Crippen LogP contribution in [0.2, 0.25) is 0 Å². The highest BCUT2D eigenvalue weighted by Crippen LogP contribution is 2.58. The Hall–Kier alpha value is -1.39. The number of piperazine rings is 1. The standard InChI is InChI=1S/C16H26N3O3P/c1-13(2)23(22,14(3)4)18-11-9-17(10-12-18)15-5-7-16(8-6-15)19(20)21/h5-8,13-14H,9-12H2,1-4H3. The van der Waals surface area contributed by atoms with Gasteiger partial charge in [-0.15, -0.1) is 0 Å². The van der Waals surface area contributed by atoms with Crippen LogP contribution >= 0.6 is 7.29 Å². The molecular formula is C16H26N3O3P. The third kappa shape index (κ3) is 3.59. The predicted octanol–water partition coefficient (Wildman–Crippen LogP) is 3.81. The Balaban J connectivity index is 2.06. The number of anilines is 1. The van der Waals surface area contributed by atoms with Gasteiger partial charge in [-0.25, -0.2) is 4.67 Å². The van der Waals surface area contributed by atoms with Crippen LogP contribution in [0.1, 0.15) is 27.7 Å². The van der Waals surface area contributed by atoms with E-state index < -0.39 is 7.29 Å². The smallest absolute Gasteiger partial charge is 0.269 e. The van der Waals surface area contributed by atoms with Crippen LogP contribution in [-0.2, 0) is 4.57 Å². The van der Waals surface area contributed by atoms with Crippen LogP contribution in [0.3, 0.4) is 0 Å². The highest BCUT2D eigenvalue weighted by atomic mass is 31.2. The molecule has 0 spiro atoms. The first kappa shape index (κ1) is 18.0. The SMILES string of the molecule is CC(C)P(=O)(C(C)C)N1CCN(c2ccc([N+](=O)[O-])cc2)CC1. The van der Waals surface area contributed by atoms with Crippen molar-refractivity contribution in [2.45, 2.75) is 39.0 Å². The molecule has 1 fully saturated rings. The fourth-order valence-corrected chi connectivity index (χ4v) is 6.60. The summed E-state index contributed by atoms with van der Waals surface area (Å²) in [5.41, 5.74) is 1.41. The van der Waals surface area contributed by atoms with Crippen LogP contribution in [0.5, 0.6) is 0 Å². The first-order valence-corrected chi connectivity index (χ1v) is 9.90. The molecule has 6 nitrogen and oxygen atoms in total. The quantitative estimate of drug-likeness (QED) is 0.463. The minimum absolute atomic E-state index is 0.108. The summed E-state index contributed by atoms with van der Waals surface area (Å²) in [7, 11) is -2.36. The molecule has 0 aliphatic carbocycles.